The van der Waals surface area contributed by atoms with E-state index in [2.05, 4.69) is 0 Å². The minimum absolute atomic E-state index is 0.0233. The van der Waals surface area contributed by atoms with Gasteiger partial charge in [-0.1, -0.05) is 12.1 Å². The average molecular weight is 234 g/mol. The van der Waals surface area contributed by atoms with Crippen LogP contribution < -0.4 is 0 Å². The molecule has 88 valence electrons. The number of aliphatic hydroxyl groups excluding tert-OH is 1. The van der Waals surface area contributed by atoms with E-state index in [4.69, 9.17) is 5.11 Å². The van der Waals surface area contributed by atoms with Crippen LogP contribution in [0.1, 0.15) is 24.0 Å². The minimum atomic E-state index is -4.69. The molecule has 0 radical (unpaired) electrons. The Morgan fingerprint density at radius 2 is 1.88 bits per heavy atom. The van der Waals surface area contributed by atoms with Gasteiger partial charge in [-0.2, -0.15) is 13.2 Å². The van der Waals surface area contributed by atoms with E-state index >= 15 is 0 Å². The highest BCUT2D eigenvalue weighted by Gasteiger charge is 2.47. The summed E-state index contributed by atoms with van der Waals surface area (Å²) in [6.45, 7) is -0.314. The molecular formula is C11H10F4O. The molecule has 1 saturated carbocycles. The topological polar surface area (TPSA) is 20.2 Å². The molecule has 1 aromatic rings. The second-order valence-electron chi connectivity index (χ2n) is 4.10. The van der Waals surface area contributed by atoms with Crippen LogP contribution in [0.2, 0.25) is 0 Å². The standard InChI is InChI=1S/C11H10F4O/c12-9-7(10(6-16)4-5-10)2-1-3-8(9)11(13,14)15/h1-3,16H,4-6H2. The fourth-order valence-electron chi connectivity index (χ4n) is 1.82. The number of halogens is 4. The lowest BCUT2D eigenvalue weighted by Crippen LogP contribution is -2.17. The Hall–Kier alpha value is -1.10. The van der Waals surface area contributed by atoms with Gasteiger partial charge < -0.3 is 5.11 Å². The van der Waals surface area contributed by atoms with Crippen molar-refractivity contribution in [2.24, 2.45) is 0 Å². The monoisotopic (exact) mass is 234 g/mol. The maximum atomic E-state index is 13.7. The Balaban J connectivity index is 2.50. The van der Waals surface area contributed by atoms with Gasteiger partial charge in [0.25, 0.3) is 0 Å². The van der Waals surface area contributed by atoms with Crippen molar-refractivity contribution >= 4 is 0 Å². The van der Waals surface area contributed by atoms with Gasteiger partial charge in [-0.3, -0.25) is 0 Å². The van der Waals surface area contributed by atoms with E-state index in [9.17, 15) is 17.6 Å². The Morgan fingerprint density at radius 1 is 1.25 bits per heavy atom. The first-order chi connectivity index (χ1) is 7.41. The van der Waals surface area contributed by atoms with E-state index < -0.39 is 23.0 Å². The summed E-state index contributed by atoms with van der Waals surface area (Å²) in [5.74, 6) is -1.25. The summed E-state index contributed by atoms with van der Waals surface area (Å²) < 4.78 is 51.0. The smallest absolute Gasteiger partial charge is 0.395 e. The Bertz CT molecular complexity index is 407. The molecule has 0 bridgehead atoms. The zero-order chi connectivity index (χ0) is 12.0. The fourth-order valence-corrected chi connectivity index (χ4v) is 1.82. The van der Waals surface area contributed by atoms with Crippen molar-refractivity contribution in [3.8, 4) is 0 Å². The van der Waals surface area contributed by atoms with Gasteiger partial charge in [-0.25, -0.2) is 4.39 Å². The molecule has 0 aliphatic heterocycles. The van der Waals surface area contributed by atoms with Crippen molar-refractivity contribution in [1.29, 1.82) is 0 Å². The summed E-state index contributed by atoms with van der Waals surface area (Å²) in [6, 6.07) is 3.21. The van der Waals surface area contributed by atoms with E-state index in [0.29, 0.717) is 18.9 Å². The minimum Gasteiger partial charge on any atom is -0.395 e. The molecule has 16 heavy (non-hydrogen) atoms. The van der Waals surface area contributed by atoms with Crippen molar-refractivity contribution in [3.63, 3.8) is 0 Å². The normalized spacial score (nSPS) is 18.6. The van der Waals surface area contributed by atoms with E-state index in [1.807, 2.05) is 0 Å². The Morgan fingerprint density at radius 3 is 2.31 bits per heavy atom. The summed E-state index contributed by atoms with van der Waals surface area (Å²) >= 11 is 0. The zero-order valence-electron chi connectivity index (χ0n) is 8.31. The summed E-state index contributed by atoms with van der Waals surface area (Å²) in [4.78, 5) is 0. The summed E-state index contributed by atoms with van der Waals surface area (Å²) in [7, 11) is 0. The molecule has 0 unspecified atom stereocenters. The van der Waals surface area contributed by atoms with Crippen LogP contribution in [0, 0.1) is 5.82 Å². The quantitative estimate of drug-likeness (QED) is 0.780. The van der Waals surface area contributed by atoms with Gasteiger partial charge in [0.15, 0.2) is 0 Å². The van der Waals surface area contributed by atoms with Gasteiger partial charge in [0.1, 0.15) is 5.82 Å². The molecule has 2 rings (SSSR count). The predicted octanol–water partition coefficient (Wildman–Crippen LogP) is 2.87. The third-order valence-corrected chi connectivity index (χ3v) is 3.03. The van der Waals surface area contributed by atoms with Crippen LogP contribution in [0.3, 0.4) is 0 Å². The van der Waals surface area contributed by atoms with Crippen LogP contribution in [-0.4, -0.2) is 11.7 Å². The van der Waals surface area contributed by atoms with Crippen LogP contribution in [0.4, 0.5) is 17.6 Å². The first-order valence-electron chi connectivity index (χ1n) is 4.88. The third-order valence-electron chi connectivity index (χ3n) is 3.03. The average Bonchev–Trinajstić information content (AvgIpc) is 2.97. The molecule has 1 aliphatic rings. The summed E-state index contributed by atoms with van der Waals surface area (Å²) in [5, 5.41) is 9.08. The predicted molar refractivity (Wildman–Crippen MR) is 49.4 cm³/mol. The summed E-state index contributed by atoms with van der Waals surface area (Å²) in [5.41, 5.74) is -2.07. The van der Waals surface area contributed by atoms with Crippen LogP contribution in [0.25, 0.3) is 0 Å². The maximum Gasteiger partial charge on any atom is 0.419 e. The molecule has 1 aromatic carbocycles. The molecule has 0 amide bonds. The second kappa shape index (κ2) is 3.45. The Kier molecular flexibility index (Phi) is 2.45. The molecule has 5 heteroatoms. The molecule has 1 fully saturated rings. The van der Waals surface area contributed by atoms with Gasteiger partial charge in [0, 0.05) is 5.41 Å². The highest BCUT2D eigenvalue weighted by Crippen LogP contribution is 2.49. The highest BCUT2D eigenvalue weighted by atomic mass is 19.4. The van der Waals surface area contributed by atoms with Gasteiger partial charge in [0.05, 0.1) is 12.2 Å². The SMILES string of the molecule is OCC1(c2cccc(C(F)(F)F)c2F)CC1. The van der Waals surface area contributed by atoms with Gasteiger partial charge in [-0.05, 0) is 24.5 Å². The number of benzene rings is 1. The van der Waals surface area contributed by atoms with E-state index in [1.54, 1.807) is 0 Å². The molecule has 0 saturated heterocycles. The zero-order valence-corrected chi connectivity index (χ0v) is 8.31. The molecule has 0 aromatic heterocycles. The first-order valence-corrected chi connectivity index (χ1v) is 4.88. The van der Waals surface area contributed by atoms with E-state index in [0.717, 1.165) is 0 Å². The van der Waals surface area contributed by atoms with Crippen LogP contribution in [0.5, 0.6) is 0 Å². The number of aliphatic hydroxyl groups is 1. The van der Waals surface area contributed by atoms with Crippen molar-refractivity contribution in [3.05, 3.63) is 35.1 Å². The lowest BCUT2D eigenvalue weighted by atomic mass is 9.94. The van der Waals surface area contributed by atoms with Gasteiger partial charge >= 0.3 is 6.18 Å². The number of hydrogen-bond donors (Lipinski definition) is 1. The van der Waals surface area contributed by atoms with Crippen LogP contribution in [0.15, 0.2) is 18.2 Å². The summed E-state index contributed by atoms with van der Waals surface area (Å²) in [6.07, 6.45) is -3.63. The largest absolute Gasteiger partial charge is 0.419 e. The van der Waals surface area contributed by atoms with E-state index in [-0.39, 0.29) is 12.2 Å². The van der Waals surface area contributed by atoms with Crippen molar-refractivity contribution in [2.45, 2.75) is 24.4 Å². The molecule has 1 aliphatic carbocycles. The second-order valence-corrected chi connectivity index (χ2v) is 4.10. The molecule has 1 N–H and O–H groups in total. The first kappa shape index (κ1) is 11.4. The molecule has 0 atom stereocenters. The molecular weight excluding hydrogens is 224 g/mol. The maximum absolute atomic E-state index is 13.7. The molecule has 0 spiro atoms. The lowest BCUT2D eigenvalue weighted by molar-refractivity contribution is -0.140. The number of rotatable bonds is 2. The highest BCUT2D eigenvalue weighted by molar-refractivity contribution is 5.37. The van der Waals surface area contributed by atoms with Crippen molar-refractivity contribution < 1.29 is 22.7 Å². The molecule has 1 nitrogen and oxygen atoms in total. The number of hydrogen-bond acceptors (Lipinski definition) is 1. The lowest BCUT2D eigenvalue weighted by Gasteiger charge is -2.16. The van der Waals surface area contributed by atoms with Crippen LogP contribution in [-0.2, 0) is 11.6 Å². The van der Waals surface area contributed by atoms with Gasteiger partial charge in [-0.15, -0.1) is 0 Å². The molecule has 0 heterocycles. The van der Waals surface area contributed by atoms with Crippen LogP contribution >= 0.6 is 0 Å². The van der Waals surface area contributed by atoms with E-state index in [1.165, 1.54) is 12.1 Å². The fraction of sp³-hybridized carbons (Fsp3) is 0.455. The number of alkyl halides is 3. The van der Waals surface area contributed by atoms with Crippen molar-refractivity contribution in [1.82, 2.24) is 0 Å². The third kappa shape index (κ3) is 1.69. The van der Waals surface area contributed by atoms with Crippen molar-refractivity contribution in [2.75, 3.05) is 6.61 Å². The Labute approximate surface area is 89.7 Å². The van der Waals surface area contributed by atoms with Gasteiger partial charge in [0.2, 0.25) is 0 Å².